The van der Waals surface area contributed by atoms with Crippen LogP contribution in [0.25, 0.3) is 10.9 Å². The fourth-order valence-corrected chi connectivity index (χ4v) is 5.13. The Morgan fingerprint density at radius 1 is 1.24 bits per heavy atom. The van der Waals surface area contributed by atoms with Crippen LogP contribution in [-0.2, 0) is 10.2 Å². The fourth-order valence-electron chi connectivity index (χ4n) is 5.13. The number of methoxy groups -OCH3 is 1. The molecule has 0 saturated carbocycles. The van der Waals surface area contributed by atoms with E-state index >= 15 is 0 Å². The van der Waals surface area contributed by atoms with E-state index in [-0.39, 0.29) is 24.7 Å². The van der Waals surface area contributed by atoms with Crippen LogP contribution in [-0.4, -0.2) is 65.2 Å². The molecular formula is C24H25FN4O4. The van der Waals surface area contributed by atoms with Crippen molar-refractivity contribution < 1.29 is 23.8 Å². The van der Waals surface area contributed by atoms with Crippen molar-refractivity contribution in [3.8, 4) is 5.75 Å². The number of carbonyl (C=O) groups excluding carboxylic acids is 2. The average Bonchev–Trinajstić information content (AvgIpc) is 3.16. The van der Waals surface area contributed by atoms with Crippen LogP contribution in [0.2, 0.25) is 0 Å². The predicted molar refractivity (Wildman–Crippen MR) is 121 cm³/mol. The highest BCUT2D eigenvalue weighted by Crippen LogP contribution is 2.48. The number of urea groups is 1. The Bertz CT molecular complexity index is 1250. The van der Waals surface area contributed by atoms with Gasteiger partial charge in [-0.1, -0.05) is 12.1 Å². The van der Waals surface area contributed by atoms with Gasteiger partial charge in [-0.3, -0.25) is 4.79 Å². The van der Waals surface area contributed by atoms with Gasteiger partial charge in [-0.15, -0.1) is 0 Å². The topological polar surface area (TPSA) is 97.9 Å². The number of para-hydroxylation sites is 1. The molecule has 3 N–H and O–H groups in total. The molecule has 1 atom stereocenters. The second kappa shape index (κ2) is 7.77. The summed E-state index contributed by atoms with van der Waals surface area (Å²) in [7, 11) is 1.59. The molecule has 8 nitrogen and oxygen atoms in total. The SMILES string of the molecule is COc1ccc2c3c([nH]c2c1)[C@@H](CO)N(C(=O)Nc1ccccc1F)CC31CN(C(C)=O)C1. The first-order chi connectivity index (χ1) is 15.9. The van der Waals surface area contributed by atoms with Gasteiger partial charge >= 0.3 is 6.03 Å². The molecule has 3 aromatic rings. The number of aliphatic hydroxyl groups excluding tert-OH is 1. The number of H-pyrrole nitrogens is 1. The van der Waals surface area contributed by atoms with Crippen molar-refractivity contribution in [3.05, 3.63) is 59.5 Å². The number of ether oxygens (including phenoxy) is 1. The van der Waals surface area contributed by atoms with Gasteiger partial charge in [0.15, 0.2) is 0 Å². The third kappa shape index (κ3) is 3.31. The zero-order chi connectivity index (χ0) is 23.3. The van der Waals surface area contributed by atoms with Crippen molar-refractivity contribution in [1.29, 1.82) is 0 Å². The van der Waals surface area contributed by atoms with Gasteiger partial charge < -0.3 is 29.9 Å². The number of rotatable bonds is 3. The van der Waals surface area contributed by atoms with Crippen LogP contribution >= 0.6 is 0 Å². The molecule has 9 heteroatoms. The molecule has 172 valence electrons. The summed E-state index contributed by atoms with van der Waals surface area (Å²) in [5, 5.41) is 13.9. The van der Waals surface area contributed by atoms with Gasteiger partial charge in [0.25, 0.3) is 0 Å². The summed E-state index contributed by atoms with van der Waals surface area (Å²) in [6.07, 6.45) is 0. The van der Waals surface area contributed by atoms with Crippen molar-refractivity contribution in [2.45, 2.75) is 18.4 Å². The van der Waals surface area contributed by atoms with Crippen molar-refractivity contribution in [3.63, 3.8) is 0 Å². The highest BCUT2D eigenvalue weighted by molar-refractivity contribution is 5.93. The lowest BCUT2D eigenvalue weighted by atomic mass is 9.68. The minimum Gasteiger partial charge on any atom is -0.497 e. The Hall–Kier alpha value is -3.59. The maximum absolute atomic E-state index is 14.2. The number of fused-ring (bicyclic) bond motifs is 4. The van der Waals surface area contributed by atoms with Crippen LogP contribution in [0.5, 0.6) is 5.75 Å². The van der Waals surface area contributed by atoms with E-state index in [1.54, 1.807) is 24.1 Å². The van der Waals surface area contributed by atoms with Gasteiger partial charge in [-0.25, -0.2) is 9.18 Å². The Kier molecular flexibility index (Phi) is 5.01. The lowest BCUT2D eigenvalue weighted by molar-refractivity contribution is -0.137. The number of amides is 3. The molecule has 1 saturated heterocycles. The Morgan fingerprint density at radius 2 is 2.00 bits per heavy atom. The van der Waals surface area contributed by atoms with Gasteiger partial charge in [0.1, 0.15) is 11.6 Å². The Balaban J connectivity index is 1.59. The quantitative estimate of drug-likeness (QED) is 0.569. The third-order valence-electron chi connectivity index (χ3n) is 6.73. The van der Waals surface area contributed by atoms with E-state index in [1.165, 1.54) is 24.0 Å². The lowest BCUT2D eigenvalue weighted by Crippen LogP contribution is -2.68. The minimum absolute atomic E-state index is 0.0321. The van der Waals surface area contributed by atoms with E-state index < -0.39 is 23.3 Å². The van der Waals surface area contributed by atoms with E-state index in [1.807, 2.05) is 18.2 Å². The molecule has 0 aliphatic carbocycles. The normalized spacial score (nSPS) is 18.7. The summed E-state index contributed by atoms with van der Waals surface area (Å²) < 4.78 is 19.5. The van der Waals surface area contributed by atoms with Crippen LogP contribution in [0.1, 0.15) is 24.2 Å². The summed E-state index contributed by atoms with van der Waals surface area (Å²) in [4.78, 5) is 31.9. The number of aliphatic hydroxyl groups is 1. The molecule has 5 rings (SSSR count). The maximum atomic E-state index is 14.2. The zero-order valence-corrected chi connectivity index (χ0v) is 18.4. The first kappa shape index (κ1) is 21.3. The minimum atomic E-state index is -0.651. The molecule has 0 unspecified atom stereocenters. The molecule has 33 heavy (non-hydrogen) atoms. The van der Waals surface area contributed by atoms with Gasteiger partial charge in [-0.2, -0.15) is 0 Å². The summed E-state index contributed by atoms with van der Waals surface area (Å²) in [6.45, 7) is 2.41. The summed E-state index contributed by atoms with van der Waals surface area (Å²) >= 11 is 0. The third-order valence-corrected chi connectivity index (χ3v) is 6.73. The molecule has 2 aliphatic heterocycles. The first-order valence-corrected chi connectivity index (χ1v) is 10.8. The van der Waals surface area contributed by atoms with Crippen molar-refractivity contribution in [1.82, 2.24) is 14.8 Å². The maximum Gasteiger partial charge on any atom is 0.322 e. The summed E-state index contributed by atoms with van der Waals surface area (Å²) in [5.41, 5.74) is 2.13. The standard InChI is InChI=1S/C24H25FN4O4/c1-14(31)28-11-24(12-28)13-29(23(32)27-18-6-4-3-5-17(18)25)20(10-30)22-21(24)16-8-7-15(33-2)9-19(16)26-22/h3-9,20,26,30H,10-13H2,1-2H3,(H,27,32)/t20-/m1/s1. The number of anilines is 1. The molecule has 1 spiro atoms. The number of aromatic nitrogens is 1. The largest absolute Gasteiger partial charge is 0.497 e. The van der Waals surface area contributed by atoms with Gasteiger partial charge in [0.2, 0.25) is 5.91 Å². The number of halogens is 1. The van der Waals surface area contributed by atoms with Crippen molar-refractivity contribution in [2.75, 3.05) is 38.7 Å². The van der Waals surface area contributed by atoms with Crippen LogP contribution in [0.4, 0.5) is 14.9 Å². The molecular weight excluding hydrogens is 427 g/mol. The van der Waals surface area contributed by atoms with Crippen LogP contribution in [0.3, 0.4) is 0 Å². The fraction of sp³-hybridized carbons (Fsp3) is 0.333. The molecule has 0 radical (unpaired) electrons. The van der Waals surface area contributed by atoms with Gasteiger partial charge in [-0.05, 0) is 29.8 Å². The van der Waals surface area contributed by atoms with Gasteiger partial charge in [0, 0.05) is 49.2 Å². The van der Waals surface area contributed by atoms with Crippen molar-refractivity contribution >= 4 is 28.5 Å². The predicted octanol–water partition coefficient (Wildman–Crippen LogP) is 3.00. The highest BCUT2D eigenvalue weighted by Gasteiger charge is 2.54. The van der Waals surface area contributed by atoms with E-state index in [9.17, 15) is 19.1 Å². The van der Waals surface area contributed by atoms with Crippen LogP contribution in [0, 0.1) is 5.82 Å². The molecule has 2 aliphatic rings. The summed E-state index contributed by atoms with van der Waals surface area (Å²) in [6, 6.07) is 10.5. The second-order valence-electron chi connectivity index (χ2n) is 8.72. The smallest absolute Gasteiger partial charge is 0.322 e. The second-order valence-corrected chi connectivity index (χ2v) is 8.72. The van der Waals surface area contributed by atoms with E-state index in [4.69, 9.17) is 4.74 Å². The molecule has 3 amide bonds. The van der Waals surface area contributed by atoms with Crippen LogP contribution < -0.4 is 10.1 Å². The number of nitrogens with zero attached hydrogens (tertiary/aromatic N) is 2. The highest BCUT2D eigenvalue weighted by atomic mass is 19.1. The van der Waals surface area contributed by atoms with E-state index in [0.717, 1.165) is 22.2 Å². The first-order valence-electron chi connectivity index (χ1n) is 10.8. The lowest BCUT2D eigenvalue weighted by Gasteiger charge is -2.55. The Morgan fingerprint density at radius 3 is 2.67 bits per heavy atom. The average molecular weight is 452 g/mol. The molecule has 1 fully saturated rings. The molecule has 1 aromatic heterocycles. The number of benzene rings is 2. The van der Waals surface area contributed by atoms with E-state index in [2.05, 4.69) is 10.3 Å². The monoisotopic (exact) mass is 452 g/mol. The number of carbonyl (C=O) groups is 2. The van der Waals surface area contributed by atoms with Crippen LogP contribution in [0.15, 0.2) is 42.5 Å². The molecule has 0 bridgehead atoms. The number of likely N-dealkylation sites (tertiary alicyclic amines) is 1. The number of aromatic amines is 1. The van der Waals surface area contributed by atoms with Crippen molar-refractivity contribution in [2.24, 2.45) is 0 Å². The number of nitrogens with one attached hydrogen (secondary N) is 2. The molecule has 3 heterocycles. The molecule has 2 aromatic carbocycles. The zero-order valence-electron chi connectivity index (χ0n) is 18.4. The number of hydrogen-bond acceptors (Lipinski definition) is 4. The number of hydrogen-bond donors (Lipinski definition) is 3. The summed E-state index contributed by atoms with van der Waals surface area (Å²) in [5.74, 6) is 0.113. The van der Waals surface area contributed by atoms with E-state index in [0.29, 0.717) is 18.8 Å². The van der Waals surface area contributed by atoms with Gasteiger partial charge in [0.05, 0.1) is 30.9 Å². The Labute approximate surface area is 189 Å².